The normalized spacial score (nSPS) is 12.9. The molecule has 0 aliphatic carbocycles. The number of aromatic nitrogens is 1. The van der Waals surface area contributed by atoms with Crippen LogP contribution in [0, 0.1) is 18.3 Å². The van der Waals surface area contributed by atoms with Crippen molar-refractivity contribution in [2.24, 2.45) is 0 Å². The summed E-state index contributed by atoms with van der Waals surface area (Å²) in [6.07, 6.45) is 0. The molecule has 0 saturated carbocycles. The number of hydrogen-bond donors (Lipinski definition) is 1. The van der Waals surface area contributed by atoms with Crippen LogP contribution in [-0.4, -0.2) is 24.0 Å². The van der Waals surface area contributed by atoms with Crippen molar-refractivity contribution in [1.82, 2.24) is 9.88 Å². The zero-order valence-electron chi connectivity index (χ0n) is 9.78. The van der Waals surface area contributed by atoms with E-state index in [9.17, 15) is 5.26 Å². The van der Waals surface area contributed by atoms with Gasteiger partial charge in [0.2, 0.25) is 0 Å². The highest BCUT2D eigenvalue weighted by Crippen LogP contribution is 2.29. The predicted octanol–water partition coefficient (Wildman–Crippen LogP) is 2.60. The predicted molar refractivity (Wildman–Crippen MR) is 65.1 cm³/mol. The minimum absolute atomic E-state index is 0.198. The first kappa shape index (κ1) is 10.7. The monoisotopic (exact) mass is 213 g/mol. The van der Waals surface area contributed by atoms with Crippen molar-refractivity contribution < 1.29 is 0 Å². The Hall–Kier alpha value is -1.79. The van der Waals surface area contributed by atoms with Crippen LogP contribution in [0.5, 0.6) is 0 Å². The Labute approximate surface area is 95.3 Å². The van der Waals surface area contributed by atoms with Crippen LogP contribution in [0.15, 0.2) is 24.3 Å². The third-order valence-electron chi connectivity index (χ3n) is 2.86. The van der Waals surface area contributed by atoms with Crippen molar-refractivity contribution in [3.05, 3.63) is 35.5 Å². The van der Waals surface area contributed by atoms with Gasteiger partial charge in [-0.15, -0.1) is 0 Å². The first-order chi connectivity index (χ1) is 7.65. The highest BCUT2D eigenvalue weighted by atomic mass is 15.1. The number of benzene rings is 1. The average Bonchev–Trinajstić information content (AvgIpc) is 2.57. The van der Waals surface area contributed by atoms with Crippen LogP contribution in [0.1, 0.15) is 17.3 Å². The molecule has 1 atom stereocenters. The molecular weight excluding hydrogens is 198 g/mol. The van der Waals surface area contributed by atoms with Gasteiger partial charge in [-0.1, -0.05) is 18.2 Å². The lowest BCUT2D eigenvalue weighted by Crippen LogP contribution is -2.18. The Morgan fingerprint density at radius 1 is 1.31 bits per heavy atom. The minimum atomic E-state index is -0.198. The van der Waals surface area contributed by atoms with E-state index in [2.05, 4.69) is 17.1 Å². The summed E-state index contributed by atoms with van der Waals surface area (Å²) in [5.41, 5.74) is 3.25. The van der Waals surface area contributed by atoms with Crippen LogP contribution < -0.4 is 0 Å². The van der Waals surface area contributed by atoms with Crippen LogP contribution in [0.3, 0.4) is 0 Å². The molecular formula is C13H15N3. The summed E-state index contributed by atoms with van der Waals surface area (Å²) >= 11 is 0. The lowest BCUT2D eigenvalue weighted by Gasteiger charge is -2.17. The largest absolute Gasteiger partial charge is 0.358 e. The average molecular weight is 213 g/mol. The van der Waals surface area contributed by atoms with Gasteiger partial charge in [-0.05, 0) is 27.1 Å². The van der Waals surface area contributed by atoms with Gasteiger partial charge < -0.3 is 4.98 Å². The lowest BCUT2D eigenvalue weighted by atomic mass is 10.0. The first-order valence-electron chi connectivity index (χ1n) is 5.28. The molecule has 1 heterocycles. The number of rotatable bonds is 2. The highest BCUT2D eigenvalue weighted by Gasteiger charge is 2.19. The van der Waals surface area contributed by atoms with Crippen LogP contribution in [0.2, 0.25) is 0 Å². The fraction of sp³-hybridized carbons (Fsp3) is 0.308. The summed E-state index contributed by atoms with van der Waals surface area (Å²) in [6, 6.07) is 10.2. The second-order valence-electron chi connectivity index (χ2n) is 4.20. The van der Waals surface area contributed by atoms with Gasteiger partial charge in [-0.2, -0.15) is 5.26 Å². The lowest BCUT2D eigenvalue weighted by molar-refractivity contribution is 0.359. The van der Waals surface area contributed by atoms with Crippen LogP contribution in [0.25, 0.3) is 10.9 Å². The quantitative estimate of drug-likeness (QED) is 0.833. The van der Waals surface area contributed by atoms with Crippen molar-refractivity contribution in [3.63, 3.8) is 0 Å². The Bertz CT molecular complexity index is 546. The molecule has 0 fully saturated rings. The van der Waals surface area contributed by atoms with E-state index in [1.165, 1.54) is 0 Å². The second-order valence-corrected chi connectivity index (χ2v) is 4.20. The SMILES string of the molecule is Cc1[nH]c2ccccc2c1C(C#N)N(C)C. The van der Waals surface area contributed by atoms with Gasteiger partial charge in [0.05, 0.1) is 6.07 Å². The number of aromatic amines is 1. The summed E-state index contributed by atoms with van der Waals surface area (Å²) < 4.78 is 0. The maximum Gasteiger partial charge on any atom is 0.125 e. The summed E-state index contributed by atoms with van der Waals surface area (Å²) in [6.45, 7) is 2.02. The maximum atomic E-state index is 9.25. The number of H-pyrrole nitrogens is 1. The smallest absolute Gasteiger partial charge is 0.125 e. The fourth-order valence-electron chi connectivity index (χ4n) is 2.09. The summed E-state index contributed by atoms with van der Waals surface area (Å²) in [5.74, 6) is 0. The number of nitrogens with zero attached hydrogens (tertiary/aromatic N) is 2. The Balaban J connectivity index is 2.68. The zero-order valence-corrected chi connectivity index (χ0v) is 9.78. The molecule has 0 spiro atoms. The Kier molecular flexibility index (Phi) is 2.67. The molecule has 3 heteroatoms. The van der Waals surface area contributed by atoms with Crippen molar-refractivity contribution in [2.45, 2.75) is 13.0 Å². The molecule has 0 radical (unpaired) electrons. The fourth-order valence-corrected chi connectivity index (χ4v) is 2.09. The van der Waals surface area contributed by atoms with Gasteiger partial charge in [0.25, 0.3) is 0 Å². The number of hydrogen-bond acceptors (Lipinski definition) is 2. The van der Waals surface area contributed by atoms with E-state index in [4.69, 9.17) is 0 Å². The second kappa shape index (κ2) is 3.99. The third kappa shape index (κ3) is 1.58. The number of fused-ring (bicyclic) bond motifs is 1. The van der Waals surface area contributed by atoms with E-state index in [0.29, 0.717) is 0 Å². The van der Waals surface area contributed by atoms with Crippen LogP contribution in [-0.2, 0) is 0 Å². The number of nitriles is 1. The Morgan fingerprint density at radius 2 is 2.00 bits per heavy atom. The molecule has 1 aromatic heterocycles. The molecule has 1 N–H and O–H groups in total. The minimum Gasteiger partial charge on any atom is -0.358 e. The highest BCUT2D eigenvalue weighted by molar-refractivity contribution is 5.85. The van der Waals surface area contributed by atoms with Crippen molar-refractivity contribution in [2.75, 3.05) is 14.1 Å². The standard InChI is InChI=1S/C13H15N3/c1-9-13(12(8-14)16(2)3)10-6-4-5-7-11(10)15-9/h4-7,12,15H,1-3H3. The molecule has 0 saturated heterocycles. The number of nitrogens with one attached hydrogen (secondary N) is 1. The van der Waals surface area contributed by atoms with E-state index in [1.54, 1.807) is 0 Å². The molecule has 0 bridgehead atoms. The van der Waals surface area contributed by atoms with E-state index in [1.807, 2.05) is 44.1 Å². The summed E-state index contributed by atoms with van der Waals surface area (Å²) in [4.78, 5) is 5.25. The van der Waals surface area contributed by atoms with Crippen molar-refractivity contribution >= 4 is 10.9 Å². The molecule has 16 heavy (non-hydrogen) atoms. The van der Waals surface area contributed by atoms with Crippen molar-refractivity contribution in [3.8, 4) is 6.07 Å². The Morgan fingerprint density at radius 3 is 2.62 bits per heavy atom. The molecule has 1 unspecified atom stereocenters. The molecule has 2 aromatic rings. The summed E-state index contributed by atoms with van der Waals surface area (Å²) in [5, 5.41) is 10.4. The molecule has 0 aliphatic rings. The van der Waals surface area contributed by atoms with Gasteiger partial charge in [0.1, 0.15) is 6.04 Å². The molecule has 2 rings (SSSR count). The number of para-hydroxylation sites is 1. The van der Waals surface area contributed by atoms with E-state index < -0.39 is 0 Å². The molecule has 82 valence electrons. The van der Waals surface area contributed by atoms with Gasteiger partial charge in [0.15, 0.2) is 0 Å². The summed E-state index contributed by atoms with van der Waals surface area (Å²) in [7, 11) is 3.85. The maximum absolute atomic E-state index is 9.25. The zero-order chi connectivity index (χ0) is 11.7. The van der Waals surface area contributed by atoms with E-state index in [-0.39, 0.29) is 6.04 Å². The third-order valence-corrected chi connectivity index (χ3v) is 2.86. The van der Waals surface area contributed by atoms with Gasteiger partial charge in [-0.3, -0.25) is 4.90 Å². The van der Waals surface area contributed by atoms with Gasteiger partial charge in [0, 0.05) is 22.2 Å². The first-order valence-corrected chi connectivity index (χ1v) is 5.28. The number of aryl methyl sites for hydroxylation is 1. The molecule has 0 amide bonds. The van der Waals surface area contributed by atoms with Crippen LogP contribution >= 0.6 is 0 Å². The topological polar surface area (TPSA) is 42.8 Å². The molecule has 3 nitrogen and oxygen atoms in total. The van der Waals surface area contributed by atoms with Crippen LogP contribution in [0.4, 0.5) is 0 Å². The van der Waals surface area contributed by atoms with Gasteiger partial charge in [-0.25, -0.2) is 0 Å². The van der Waals surface area contributed by atoms with E-state index in [0.717, 1.165) is 22.2 Å². The van der Waals surface area contributed by atoms with E-state index >= 15 is 0 Å². The van der Waals surface area contributed by atoms with Gasteiger partial charge >= 0.3 is 0 Å². The van der Waals surface area contributed by atoms with Crippen molar-refractivity contribution in [1.29, 1.82) is 5.26 Å². The molecule has 0 aliphatic heterocycles. The molecule has 1 aromatic carbocycles.